The summed E-state index contributed by atoms with van der Waals surface area (Å²) in [7, 11) is 1.51. The van der Waals surface area contributed by atoms with Gasteiger partial charge in [0.1, 0.15) is 11.6 Å². The molecule has 1 aromatic heterocycles. The molecular formula is C23H33N3O5. The predicted molar refractivity (Wildman–Crippen MR) is 119 cm³/mol. The number of carbonyl (C=O) groups is 3. The number of carbonyl (C=O) groups excluding carboxylic acids is 2. The zero-order chi connectivity index (χ0) is 23.3. The van der Waals surface area contributed by atoms with E-state index >= 15 is 0 Å². The number of benzene rings is 1. The first-order valence-electron chi connectivity index (χ1n) is 10.4. The molecule has 0 aliphatic heterocycles. The molecule has 2 rings (SSSR count). The monoisotopic (exact) mass is 431 g/mol. The van der Waals surface area contributed by atoms with E-state index in [9.17, 15) is 19.5 Å². The summed E-state index contributed by atoms with van der Waals surface area (Å²) in [4.78, 5) is 41.3. The van der Waals surface area contributed by atoms with Crippen LogP contribution in [0, 0.1) is 5.92 Å². The molecule has 1 amide bonds. The minimum Gasteiger partial charge on any atom is -0.480 e. The molecule has 0 radical (unpaired) electrons. The summed E-state index contributed by atoms with van der Waals surface area (Å²) in [6.07, 6.45) is 1.31. The van der Waals surface area contributed by atoms with Crippen molar-refractivity contribution in [2.75, 3.05) is 7.05 Å². The van der Waals surface area contributed by atoms with Crippen LogP contribution in [0.5, 0.6) is 0 Å². The Morgan fingerprint density at radius 1 is 1.16 bits per heavy atom. The molecule has 0 saturated carbocycles. The minimum atomic E-state index is -1.16. The Kier molecular flexibility index (Phi) is 7.84. The van der Waals surface area contributed by atoms with Gasteiger partial charge in [-0.2, -0.15) is 0 Å². The number of carboxylic acids is 1. The topological polar surface area (TPSA) is 121 Å². The number of Topliss-reactive ketones (excluding diaryl/α,β-unsaturated/α-hetero) is 1. The number of para-hydroxylation sites is 1. The van der Waals surface area contributed by atoms with Gasteiger partial charge in [-0.3, -0.25) is 9.59 Å². The van der Waals surface area contributed by atoms with E-state index in [2.05, 4.69) is 15.6 Å². The van der Waals surface area contributed by atoms with E-state index in [0.717, 1.165) is 10.9 Å². The molecule has 31 heavy (non-hydrogen) atoms. The second-order valence-electron chi connectivity index (χ2n) is 9.10. The third kappa shape index (κ3) is 6.30. The molecule has 1 aromatic carbocycles. The average Bonchev–Trinajstić information content (AvgIpc) is 3.06. The minimum absolute atomic E-state index is 0.0883. The number of aromatic nitrogens is 1. The Balaban J connectivity index is 2.49. The molecule has 1 unspecified atom stereocenters. The number of likely N-dealkylation sites (N-methyl/N-ethyl adjacent to an activating group) is 1. The fraction of sp³-hybridized carbons (Fsp3) is 0.522. The van der Waals surface area contributed by atoms with Crippen LogP contribution in [0.15, 0.2) is 30.5 Å². The number of ketones is 1. The molecule has 0 aliphatic rings. The lowest BCUT2D eigenvalue weighted by Crippen LogP contribution is -2.51. The third-order valence-electron chi connectivity index (χ3n) is 4.91. The van der Waals surface area contributed by atoms with Gasteiger partial charge in [0.25, 0.3) is 0 Å². The van der Waals surface area contributed by atoms with E-state index in [1.807, 2.05) is 38.1 Å². The van der Waals surface area contributed by atoms with Gasteiger partial charge in [-0.05, 0) is 51.8 Å². The van der Waals surface area contributed by atoms with E-state index in [4.69, 9.17) is 4.74 Å². The van der Waals surface area contributed by atoms with Gasteiger partial charge in [-0.15, -0.1) is 0 Å². The summed E-state index contributed by atoms with van der Waals surface area (Å²) < 4.78 is 5.33. The summed E-state index contributed by atoms with van der Waals surface area (Å²) >= 11 is 0. The van der Waals surface area contributed by atoms with Crippen LogP contribution in [0.25, 0.3) is 10.9 Å². The number of hydrogen-bond acceptors (Lipinski definition) is 5. The number of amides is 1. The van der Waals surface area contributed by atoms with E-state index in [-0.39, 0.29) is 11.7 Å². The zero-order valence-electron chi connectivity index (χ0n) is 19.0. The number of carboxylic acid groups (broad SMARTS) is 1. The van der Waals surface area contributed by atoms with Gasteiger partial charge < -0.3 is 25.5 Å². The van der Waals surface area contributed by atoms with Crippen molar-refractivity contribution in [2.24, 2.45) is 5.92 Å². The molecule has 8 nitrogen and oxygen atoms in total. The van der Waals surface area contributed by atoms with E-state index in [1.165, 1.54) is 7.05 Å². The number of fused-ring (bicyclic) bond motifs is 1. The number of hydrogen-bond donors (Lipinski definition) is 4. The highest BCUT2D eigenvalue weighted by Crippen LogP contribution is 2.31. The van der Waals surface area contributed by atoms with Gasteiger partial charge in [0.2, 0.25) is 0 Å². The number of aliphatic carboxylic acids is 1. The maximum Gasteiger partial charge on any atom is 0.408 e. The fourth-order valence-electron chi connectivity index (χ4n) is 3.67. The zero-order valence-corrected chi connectivity index (χ0v) is 19.0. The fourth-order valence-corrected chi connectivity index (χ4v) is 3.67. The average molecular weight is 432 g/mol. The van der Waals surface area contributed by atoms with Crippen LogP contribution in [-0.4, -0.2) is 52.7 Å². The van der Waals surface area contributed by atoms with Crippen molar-refractivity contribution in [3.05, 3.63) is 36.0 Å². The van der Waals surface area contributed by atoms with E-state index in [1.54, 1.807) is 27.0 Å². The molecule has 170 valence electrons. The lowest BCUT2D eigenvalue weighted by Gasteiger charge is -2.29. The first kappa shape index (κ1) is 24.4. The van der Waals surface area contributed by atoms with Gasteiger partial charge in [-0.25, -0.2) is 4.79 Å². The van der Waals surface area contributed by atoms with Crippen molar-refractivity contribution in [3.8, 4) is 0 Å². The molecule has 1 heterocycles. The van der Waals surface area contributed by atoms with Crippen molar-refractivity contribution < 1.29 is 24.2 Å². The van der Waals surface area contributed by atoms with E-state index in [0.29, 0.717) is 12.0 Å². The predicted octanol–water partition coefficient (Wildman–Crippen LogP) is 3.43. The number of nitrogens with one attached hydrogen (secondary N) is 3. The van der Waals surface area contributed by atoms with E-state index < -0.39 is 35.7 Å². The quantitative estimate of drug-likeness (QED) is 0.483. The number of ether oxygens (including phenoxy) is 1. The lowest BCUT2D eigenvalue weighted by molar-refractivity contribution is -0.142. The SMILES string of the molecule is CN[C@H](C(=O)O)C(C(=O)[C@H](CC(C)C)NC(=O)OC(C)(C)C)c1c[nH]c2ccccc12. The third-order valence-corrected chi connectivity index (χ3v) is 4.91. The molecule has 3 atom stereocenters. The Morgan fingerprint density at radius 3 is 2.35 bits per heavy atom. The molecule has 0 spiro atoms. The smallest absolute Gasteiger partial charge is 0.408 e. The number of rotatable bonds is 9. The van der Waals surface area contributed by atoms with Crippen molar-refractivity contribution >= 4 is 28.7 Å². The summed E-state index contributed by atoms with van der Waals surface area (Å²) in [6.45, 7) is 9.08. The van der Waals surface area contributed by atoms with Crippen molar-refractivity contribution in [1.82, 2.24) is 15.6 Å². The summed E-state index contributed by atoms with van der Waals surface area (Å²) in [6, 6.07) is 5.33. The van der Waals surface area contributed by atoms with Crippen LogP contribution in [-0.2, 0) is 14.3 Å². The molecule has 0 aliphatic carbocycles. The largest absolute Gasteiger partial charge is 0.480 e. The summed E-state index contributed by atoms with van der Waals surface area (Å²) in [5.74, 6) is -2.46. The summed E-state index contributed by atoms with van der Waals surface area (Å²) in [5, 5.41) is 16.0. The van der Waals surface area contributed by atoms with Crippen LogP contribution in [0.2, 0.25) is 0 Å². The number of H-pyrrole nitrogens is 1. The van der Waals surface area contributed by atoms with Gasteiger partial charge >= 0.3 is 12.1 Å². The van der Waals surface area contributed by atoms with Crippen LogP contribution in [0.1, 0.15) is 52.5 Å². The molecule has 0 saturated heterocycles. The number of alkyl carbamates (subject to hydrolysis) is 1. The Bertz CT molecular complexity index is 929. The molecule has 0 fully saturated rings. The second-order valence-corrected chi connectivity index (χ2v) is 9.10. The van der Waals surface area contributed by atoms with Crippen LogP contribution < -0.4 is 10.6 Å². The van der Waals surface area contributed by atoms with Gasteiger partial charge in [0.15, 0.2) is 5.78 Å². The van der Waals surface area contributed by atoms with Crippen LogP contribution >= 0.6 is 0 Å². The first-order valence-corrected chi connectivity index (χ1v) is 10.4. The first-order chi connectivity index (χ1) is 14.4. The molecule has 0 bridgehead atoms. The van der Waals surface area contributed by atoms with Gasteiger partial charge in [-0.1, -0.05) is 32.0 Å². The molecule has 4 N–H and O–H groups in total. The molecule has 2 aromatic rings. The highest BCUT2D eigenvalue weighted by Gasteiger charge is 2.40. The second kappa shape index (κ2) is 9.96. The van der Waals surface area contributed by atoms with Gasteiger partial charge in [0.05, 0.1) is 12.0 Å². The molecule has 8 heteroatoms. The maximum absolute atomic E-state index is 13.7. The maximum atomic E-state index is 13.7. The normalized spacial score (nSPS) is 14.8. The standard InChI is InChI=1S/C23H33N3O5/c1-13(2)11-17(26-22(30)31-23(3,4)5)20(27)18(19(24-6)21(28)29)15-12-25-16-10-8-7-9-14(15)16/h7-10,12-13,17-19,24-25H,11H2,1-6H3,(H,26,30)(H,28,29)/t17-,18?,19-/m0/s1. The van der Waals surface area contributed by atoms with Crippen molar-refractivity contribution in [2.45, 2.75) is 64.6 Å². The Hall–Kier alpha value is -2.87. The van der Waals surface area contributed by atoms with Crippen molar-refractivity contribution in [1.29, 1.82) is 0 Å². The van der Waals surface area contributed by atoms with Crippen molar-refractivity contribution in [3.63, 3.8) is 0 Å². The highest BCUT2D eigenvalue weighted by atomic mass is 16.6. The number of aromatic amines is 1. The molecular weight excluding hydrogens is 398 g/mol. The van der Waals surface area contributed by atoms with Crippen LogP contribution in [0.4, 0.5) is 4.79 Å². The van der Waals surface area contributed by atoms with Gasteiger partial charge in [0, 0.05) is 17.1 Å². The Labute approximate surface area is 182 Å². The highest BCUT2D eigenvalue weighted by molar-refractivity contribution is 6.00. The lowest BCUT2D eigenvalue weighted by atomic mass is 9.82. The summed E-state index contributed by atoms with van der Waals surface area (Å²) in [5.41, 5.74) is 0.651. The Morgan fingerprint density at radius 2 is 1.81 bits per heavy atom. The van der Waals surface area contributed by atoms with Crippen LogP contribution in [0.3, 0.4) is 0 Å².